The minimum absolute atomic E-state index is 0.0165. The van der Waals surface area contributed by atoms with Crippen LogP contribution < -0.4 is 9.03 Å². The molecule has 2 N–H and O–H groups in total. The number of rotatable bonds is 6. The van der Waals surface area contributed by atoms with Crippen molar-refractivity contribution in [1.29, 1.82) is 0 Å². The lowest BCUT2D eigenvalue weighted by Crippen LogP contribution is -2.29. The first-order valence-corrected chi connectivity index (χ1v) is 9.63. The monoisotopic (exact) mass is 346 g/mol. The van der Waals surface area contributed by atoms with Crippen LogP contribution in [0.2, 0.25) is 0 Å². The van der Waals surface area contributed by atoms with E-state index in [-0.39, 0.29) is 5.75 Å². The molecule has 1 aliphatic heterocycles. The Morgan fingerprint density at radius 2 is 1.71 bits per heavy atom. The predicted octanol–water partition coefficient (Wildman–Crippen LogP) is 2.61. The third-order valence-corrected chi connectivity index (χ3v) is 5.75. The summed E-state index contributed by atoms with van der Waals surface area (Å²) in [5.41, 5.74) is 2.70. The Balaban J connectivity index is 1.57. The summed E-state index contributed by atoms with van der Waals surface area (Å²) in [4.78, 5) is 0. The van der Waals surface area contributed by atoms with E-state index in [1.54, 1.807) is 12.1 Å². The van der Waals surface area contributed by atoms with E-state index in [1.165, 1.54) is 9.87 Å². The Morgan fingerprint density at radius 3 is 2.33 bits per heavy atom. The second-order valence-corrected chi connectivity index (χ2v) is 7.67. The summed E-state index contributed by atoms with van der Waals surface area (Å²) in [6.45, 7) is 0.704. The first-order valence-electron chi connectivity index (χ1n) is 8.19. The standard InChI is InChI=1S/C18H22N2O3S/c21-18-14-16(9-5-4-8-15-6-2-1-3-7-15)10-11-17(18)20-13-12-19-24(20,22)23/h1-3,6-7,10-11,14,19,21H,4-5,8-9,12-13H2. The number of aryl methyl sites for hydroxylation is 2. The van der Waals surface area contributed by atoms with Gasteiger partial charge in [-0.15, -0.1) is 0 Å². The zero-order chi connectivity index (χ0) is 17.0. The van der Waals surface area contributed by atoms with Gasteiger partial charge in [-0.05, 0) is 48.9 Å². The first-order chi connectivity index (χ1) is 11.6. The van der Waals surface area contributed by atoms with Gasteiger partial charge in [0.05, 0.1) is 5.69 Å². The summed E-state index contributed by atoms with van der Waals surface area (Å²) < 4.78 is 27.3. The maximum Gasteiger partial charge on any atom is 0.301 e. The Bertz CT molecular complexity index is 791. The molecule has 5 nitrogen and oxygen atoms in total. The lowest BCUT2D eigenvalue weighted by Gasteiger charge is -2.17. The molecule has 2 aromatic carbocycles. The lowest BCUT2D eigenvalue weighted by molar-refractivity contribution is 0.475. The molecule has 0 unspecified atom stereocenters. The van der Waals surface area contributed by atoms with Crippen LogP contribution in [0, 0.1) is 0 Å². The van der Waals surface area contributed by atoms with Gasteiger partial charge in [0.15, 0.2) is 0 Å². The average Bonchev–Trinajstić information content (AvgIpc) is 2.92. The van der Waals surface area contributed by atoms with Crippen LogP contribution in [0.25, 0.3) is 0 Å². The molecule has 0 bridgehead atoms. The topological polar surface area (TPSA) is 69.6 Å². The van der Waals surface area contributed by atoms with E-state index in [9.17, 15) is 13.5 Å². The minimum Gasteiger partial charge on any atom is -0.506 e. The fourth-order valence-corrected chi connectivity index (χ4v) is 4.21. The molecule has 1 fully saturated rings. The third-order valence-electron chi connectivity index (χ3n) is 4.22. The largest absolute Gasteiger partial charge is 0.506 e. The van der Waals surface area contributed by atoms with Crippen molar-refractivity contribution >= 4 is 15.9 Å². The molecule has 0 spiro atoms. The second kappa shape index (κ2) is 7.23. The van der Waals surface area contributed by atoms with Gasteiger partial charge >= 0.3 is 10.2 Å². The zero-order valence-electron chi connectivity index (χ0n) is 13.5. The van der Waals surface area contributed by atoms with E-state index in [1.807, 2.05) is 24.3 Å². The number of aromatic hydroxyl groups is 1. The first kappa shape index (κ1) is 16.8. The Kier molecular flexibility index (Phi) is 5.06. The Morgan fingerprint density at radius 1 is 1.00 bits per heavy atom. The van der Waals surface area contributed by atoms with Crippen molar-refractivity contribution in [2.24, 2.45) is 0 Å². The van der Waals surface area contributed by atoms with Crippen LogP contribution >= 0.6 is 0 Å². The van der Waals surface area contributed by atoms with Gasteiger partial charge in [-0.1, -0.05) is 36.4 Å². The van der Waals surface area contributed by atoms with Crippen molar-refractivity contribution in [3.8, 4) is 5.75 Å². The third kappa shape index (κ3) is 3.88. The summed E-state index contributed by atoms with van der Waals surface area (Å²) in [6, 6.07) is 15.6. The number of phenols is 1. The van der Waals surface area contributed by atoms with E-state index >= 15 is 0 Å². The van der Waals surface area contributed by atoms with E-state index in [0.717, 1.165) is 31.2 Å². The van der Waals surface area contributed by atoms with Crippen molar-refractivity contribution in [1.82, 2.24) is 4.72 Å². The maximum atomic E-state index is 11.8. The van der Waals surface area contributed by atoms with Crippen molar-refractivity contribution in [2.45, 2.75) is 25.7 Å². The summed E-state index contributed by atoms with van der Waals surface area (Å²) >= 11 is 0. The van der Waals surface area contributed by atoms with Crippen LogP contribution in [-0.4, -0.2) is 26.6 Å². The van der Waals surface area contributed by atoms with Gasteiger partial charge in [-0.2, -0.15) is 13.1 Å². The lowest BCUT2D eigenvalue weighted by atomic mass is 10.0. The number of nitrogens with zero attached hydrogens (tertiary/aromatic N) is 1. The number of hydrogen-bond donors (Lipinski definition) is 2. The molecule has 1 aliphatic rings. The van der Waals surface area contributed by atoms with Gasteiger partial charge in [0.25, 0.3) is 0 Å². The number of benzene rings is 2. The van der Waals surface area contributed by atoms with Crippen molar-refractivity contribution in [3.05, 3.63) is 59.7 Å². The fourth-order valence-electron chi connectivity index (χ4n) is 2.96. The summed E-state index contributed by atoms with van der Waals surface area (Å²) in [6.07, 6.45) is 4.02. The highest BCUT2D eigenvalue weighted by atomic mass is 32.2. The molecule has 2 aromatic rings. The van der Waals surface area contributed by atoms with Crippen LogP contribution in [0.1, 0.15) is 24.0 Å². The minimum atomic E-state index is -3.50. The molecule has 0 aromatic heterocycles. The number of unbranched alkanes of at least 4 members (excludes halogenated alkanes) is 1. The molecule has 24 heavy (non-hydrogen) atoms. The molecule has 0 atom stereocenters. The summed E-state index contributed by atoms with van der Waals surface area (Å²) in [5, 5.41) is 10.2. The van der Waals surface area contributed by atoms with Gasteiger partial charge in [-0.3, -0.25) is 4.31 Å². The van der Waals surface area contributed by atoms with Gasteiger partial charge in [0.2, 0.25) is 0 Å². The maximum absolute atomic E-state index is 11.8. The smallest absolute Gasteiger partial charge is 0.301 e. The molecule has 0 amide bonds. The molecule has 1 heterocycles. The molecule has 128 valence electrons. The van der Waals surface area contributed by atoms with Gasteiger partial charge < -0.3 is 5.11 Å². The van der Waals surface area contributed by atoms with Crippen molar-refractivity contribution in [3.63, 3.8) is 0 Å². The van der Waals surface area contributed by atoms with Crippen molar-refractivity contribution in [2.75, 3.05) is 17.4 Å². The van der Waals surface area contributed by atoms with Crippen molar-refractivity contribution < 1.29 is 13.5 Å². The van der Waals surface area contributed by atoms with Gasteiger partial charge in [-0.25, -0.2) is 0 Å². The average molecular weight is 346 g/mol. The number of hydrogen-bond acceptors (Lipinski definition) is 3. The summed E-state index contributed by atoms with van der Waals surface area (Å²) in [5.74, 6) is 0.0165. The Hall–Kier alpha value is -2.05. The molecule has 0 aliphatic carbocycles. The normalized spacial score (nSPS) is 16.4. The fraction of sp³-hybridized carbons (Fsp3) is 0.333. The second-order valence-electron chi connectivity index (χ2n) is 5.99. The molecule has 0 saturated carbocycles. The van der Waals surface area contributed by atoms with Crippen LogP contribution in [0.4, 0.5) is 5.69 Å². The highest BCUT2D eigenvalue weighted by molar-refractivity contribution is 7.91. The van der Waals surface area contributed by atoms with Crippen LogP contribution in [-0.2, 0) is 23.1 Å². The quantitative estimate of drug-likeness (QED) is 0.790. The molecule has 1 saturated heterocycles. The van der Waals surface area contributed by atoms with E-state index in [4.69, 9.17) is 0 Å². The van der Waals surface area contributed by atoms with Gasteiger partial charge in [0.1, 0.15) is 5.75 Å². The number of phenolic OH excluding ortho intramolecular Hbond substituents is 1. The van der Waals surface area contributed by atoms with E-state index < -0.39 is 10.2 Å². The van der Waals surface area contributed by atoms with E-state index in [2.05, 4.69) is 16.9 Å². The highest BCUT2D eigenvalue weighted by Crippen LogP contribution is 2.31. The molecule has 0 radical (unpaired) electrons. The van der Waals surface area contributed by atoms with Crippen LogP contribution in [0.3, 0.4) is 0 Å². The predicted molar refractivity (Wildman–Crippen MR) is 95.5 cm³/mol. The molecule has 6 heteroatoms. The number of anilines is 1. The zero-order valence-corrected chi connectivity index (χ0v) is 14.3. The van der Waals surface area contributed by atoms with Crippen LogP contribution in [0.5, 0.6) is 5.75 Å². The number of nitrogens with one attached hydrogen (secondary N) is 1. The highest BCUT2D eigenvalue weighted by Gasteiger charge is 2.29. The molecular formula is C18H22N2O3S. The Labute approximate surface area is 143 Å². The van der Waals surface area contributed by atoms with Crippen LogP contribution in [0.15, 0.2) is 48.5 Å². The molecule has 3 rings (SSSR count). The SMILES string of the molecule is O=S1(=O)NCCN1c1ccc(CCCCc2ccccc2)cc1O. The molecular weight excluding hydrogens is 324 g/mol. The van der Waals surface area contributed by atoms with Gasteiger partial charge in [0, 0.05) is 13.1 Å². The summed E-state index contributed by atoms with van der Waals surface area (Å²) in [7, 11) is -3.50. The van der Waals surface area contributed by atoms with E-state index in [0.29, 0.717) is 18.8 Å².